The predicted molar refractivity (Wildman–Crippen MR) is 97.3 cm³/mol. The van der Waals surface area contributed by atoms with Gasteiger partial charge in [-0.1, -0.05) is 6.07 Å². The SMILES string of the molecule is COc1ccc([C@H](C)NC2CCC(O)CC2)cc1CN1CCCC1. The van der Waals surface area contributed by atoms with Crippen molar-refractivity contribution in [1.29, 1.82) is 0 Å². The highest BCUT2D eigenvalue weighted by Crippen LogP contribution is 2.27. The van der Waals surface area contributed by atoms with E-state index in [4.69, 9.17) is 4.74 Å². The van der Waals surface area contributed by atoms with Crippen LogP contribution in [-0.2, 0) is 6.54 Å². The summed E-state index contributed by atoms with van der Waals surface area (Å²) in [4.78, 5) is 2.52. The number of nitrogens with one attached hydrogen (secondary N) is 1. The van der Waals surface area contributed by atoms with Crippen LogP contribution in [-0.4, -0.2) is 42.4 Å². The molecule has 1 saturated heterocycles. The van der Waals surface area contributed by atoms with Gasteiger partial charge in [0.2, 0.25) is 0 Å². The van der Waals surface area contributed by atoms with Gasteiger partial charge in [-0.15, -0.1) is 0 Å². The number of aliphatic hydroxyl groups is 1. The highest BCUT2D eigenvalue weighted by atomic mass is 16.5. The molecule has 134 valence electrons. The van der Waals surface area contributed by atoms with E-state index in [0.29, 0.717) is 12.1 Å². The molecule has 4 nitrogen and oxygen atoms in total. The second-order valence-electron chi connectivity index (χ2n) is 7.45. The lowest BCUT2D eigenvalue weighted by molar-refractivity contribution is 0.114. The first-order chi connectivity index (χ1) is 11.7. The Morgan fingerprint density at radius 2 is 1.92 bits per heavy atom. The van der Waals surface area contributed by atoms with E-state index >= 15 is 0 Å². The van der Waals surface area contributed by atoms with Crippen LogP contribution in [0.3, 0.4) is 0 Å². The molecule has 2 aliphatic rings. The fourth-order valence-electron chi connectivity index (χ4n) is 4.07. The summed E-state index contributed by atoms with van der Waals surface area (Å²) in [7, 11) is 1.76. The van der Waals surface area contributed by atoms with Crippen molar-refractivity contribution in [2.24, 2.45) is 0 Å². The van der Waals surface area contributed by atoms with Crippen molar-refractivity contribution in [3.05, 3.63) is 29.3 Å². The standard InChI is InChI=1S/C20H32N2O2/c1-15(21-18-6-8-19(23)9-7-18)16-5-10-20(24-2)17(13-16)14-22-11-3-4-12-22/h5,10,13,15,18-19,21,23H,3-4,6-9,11-12,14H2,1-2H3/t15-,18?,19?/m0/s1. The molecule has 2 N–H and O–H groups in total. The second-order valence-corrected chi connectivity index (χ2v) is 7.45. The summed E-state index contributed by atoms with van der Waals surface area (Å²) in [5, 5.41) is 13.4. The molecule has 1 aliphatic heterocycles. The van der Waals surface area contributed by atoms with Gasteiger partial charge in [-0.25, -0.2) is 0 Å². The minimum atomic E-state index is -0.0913. The van der Waals surface area contributed by atoms with Crippen molar-refractivity contribution < 1.29 is 9.84 Å². The molecule has 0 aromatic heterocycles. The smallest absolute Gasteiger partial charge is 0.123 e. The summed E-state index contributed by atoms with van der Waals surface area (Å²) in [5.41, 5.74) is 2.63. The summed E-state index contributed by atoms with van der Waals surface area (Å²) in [6.07, 6.45) is 6.53. The van der Waals surface area contributed by atoms with Crippen LogP contribution in [0.1, 0.15) is 62.6 Å². The topological polar surface area (TPSA) is 44.7 Å². The molecule has 3 rings (SSSR count). The predicted octanol–water partition coefficient (Wildman–Crippen LogP) is 3.25. The van der Waals surface area contributed by atoms with Crippen LogP contribution in [0.25, 0.3) is 0 Å². The van der Waals surface area contributed by atoms with Gasteiger partial charge < -0.3 is 15.2 Å². The van der Waals surface area contributed by atoms with Crippen LogP contribution < -0.4 is 10.1 Å². The molecule has 0 bridgehead atoms. The first kappa shape index (κ1) is 17.7. The molecule has 1 atom stereocenters. The molecule has 0 unspecified atom stereocenters. The average molecular weight is 332 g/mol. The fraction of sp³-hybridized carbons (Fsp3) is 0.700. The molecule has 4 heteroatoms. The minimum absolute atomic E-state index is 0.0913. The number of benzene rings is 1. The minimum Gasteiger partial charge on any atom is -0.496 e. The van der Waals surface area contributed by atoms with Gasteiger partial charge in [0.25, 0.3) is 0 Å². The van der Waals surface area contributed by atoms with Gasteiger partial charge >= 0.3 is 0 Å². The van der Waals surface area contributed by atoms with Crippen molar-refractivity contribution in [1.82, 2.24) is 10.2 Å². The van der Waals surface area contributed by atoms with E-state index in [1.807, 2.05) is 0 Å². The van der Waals surface area contributed by atoms with Crippen molar-refractivity contribution in [2.45, 2.75) is 70.2 Å². The largest absolute Gasteiger partial charge is 0.496 e. The summed E-state index contributed by atoms with van der Waals surface area (Å²) in [6, 6.07) is 7.46. The zero-order valence-corrected chi connectivity index (χ0v) is 15.1. The van der Waals surface area contributed by atoms with Gasteiger partial charge in [-0.3, -0.25) is 4.90 Å². The zero-order chi connectivity index (χ0) is 16.9. The molecule has 24 heavy (non-hydrogen) atoms. The monoisotopic (exact) mass is 332 g/mol. The van der Waals surface area contributed by atoms with Crippen LogP contribution in [0, 0.1) is 0 Å². The third-order valence-corrected chi connectivity index (χ3v) is 5.58. The van der Waals surface area contributed by atoms with Gasteiger partial charge in [-0.2, -0.15) is 0 Å². The van der Waals surface area contributed by atoms with Crippen molar-refractivity contribution in [2.75, 3.05) is 20.2 Å². The highest BCUT2D eigenvalue weighted by Gasteiger charge is 2.22. The third kappa shape index (κ3) is 4.50. The van der Waals surface area contributed by atoms with Gasteiger partial charge in [0.1, 0.15) is 5.75 Å². The van der Waals surface area contributed by atoms with Crippen molar-refractivity contribution >= 4 is 0 Å². The first-order valence-electron chi connectivity index (χ1n) is 9.49. The fourth-order valence-corrected chi connectivity index (χ4v) is 4.07. The number of hydrogen-bond acceptors (Lipinski definition) is 4. The van der Waals surface area contributed by atoms with Crippen molar-refractivity contribution in [3.63, 3.8) is 0 Å². The number of hydrogen-bond donors (Lipinski definition) is 2. The molecule has 1 heterocycles. The summed E-state index contributed by atoms with van der Waals surface area (Å²) in [5.74, 6) is 0.999. The Morgan fingerprint density at radius 1 is 1.21 bits per heavy atom. The lowest BCUT2D eigenvalue weighted by Gasteiger charge is -2.29. The molecule has 1 aromatic rings. The molecule has 1 saturated carbocycles. The molecular formula is C20H32N2O2. The summed E-state index contributed by atoms with van der Waals surface area (Å²) < 4.78 is 5.58. The maximum atomic E-state index is 9.66. The number of ether oxygens (including phenoxy) is 1. The third-order valence-electron chi connectivity index (χ3n) is 5.58. The lowest BCUT2D eigenvalue weighted by atomic mass is 9.92. The number of likely N-dealkylation sites (tertiary alicyclic amines) is 1. The summed E-state index contributed by atoms with van der Waals surface area (Å²) >= 11 is 0. The normalized spacial score (nSPS) is 26.5. The van der Waals surface area contributed by atoms with Gasteiger partial charge in [-0.05, 0) is 76.2 Å². The van der Waals surface area contributed by atoms with Gasteiger partial charge in [0.05, 0.1) is 13.2 Å². The molecule has 0 amide bonds. The Labute approximate surface area is 146 Å². The van der Waals surface area contributed by atoms with Crippen LogP contribution >= 0.6 is 0 Å². The Hall–Kier alpha value is -1.10. The zero-order valence-electron chi connectivity index (χ0n) is 15.1. The first-order valence-corrected chi connectivity index (χ1v) is 9.49. The maximum absolute atomic E-state index is 9.66. The van der Waals surface area contributed by atoms with Crippen LogP contribution in [0.2, 0.25) is 0 Å². The van der Waals surface area contributed by atoms with Crippen molar-refractivity contribution in [3.8, 4) is 5.75 Å². The van der Waals surface area contributed by atoms with Gasteiger partial charge in [0, 0.05) is 24.2 Å². The van der Waals surface area contributed by atoms with Crippen LogP contribution in [0.4, 0.5) is 0 Å². The molecule has 1 aromatic carbocycles. The Kier molecular flexibility index (Phi) is 6.14. The van der Waals surface area contributed by atoms with E-state index in [9.17, 15) is 5.11 Å². The average Bonchev–Trinajstić information content (AvgIpc) is 3.10. The van der Waals surface area contributed by atoms with E-state index in [0.717, 1.165) is 38.0 Å². The summed E-state index contributed by atoms with van der Waals surface area (Å²) in [6.45, 7) is 5.63. The van der Waals surface area contributed by atoms with E-state index in [2.05, 4.69) is 35.3 Å². The molecule has 2 fully saturated rings. The molecule has 1 aliphatic carbocycles. The number of nitrogens with zero attached hydrogens (tertiary/aromatic N) is 1. The molecule has 0 radical (unpaired) electrons. The van der Waals surface area contributed by atoms with Gasteiger partial charge in [0.15, 0.2) is 0 Å². The van der Waals surface area contributed by atoms with E-state index in [1.54, 1.807) is 7.11 Å². The number of rotatable bonds is 6. The molecule has 0 spiro atoms. The second kappa shape index (κ2) is 8.32. The van der Waals surface area contributed by atoms with Crippen LogP contribution in [0.5, 0.6) is 5.75 Å². The maximum Gasteiger partial charge on any atom is 0.123 e. The van der Waals surface area contributed by atoms with E-state index in [1.165, 1.54) is 37.1 Å². The van der Waals surface area contributed by atoms with E-state index < -0.39 is 0 Å². The van der Waals surface area contributed by atoms with Crippen LogP contribution in [0.15, 0.2) is 18.2 Å². The van der Waals surface area contributed by atoms with E-state index in [-0.39, 0.29) is 6.10 Å². The Bertz CT molecular complexity index is 520. The quantitative estimate of drug-likeness (QED) is 0.839. The molecular weight excluding hydrogens is 300 g/mol. The Morgan fingerprint density at radius 3 is 2.58 bits per heavy atom. The number of aliphatic hydroxyl groups excluding tert-OH is 1. The highest BCUT2D eigenvalue weighted by molar-refractivity contribution is 5.38. The number of methoxy groups -OCH3 is 1. The Balaban J connectivity index is 1.65. The lowest BCUT2D eigenvalue weighted by Crippen LogP contribution is -2.36.